The Kier molecular flexibility index (Phi) is 5.64. The molecular formula is C13H19N3O4. The number of nitrogens with zero attached hydrogens (tertiary/aromatic N) is 1. The van der Waals surface area contributed by atoms with E-state index < -0.39 is 5.92 Å². The Morgan fingerprint density at radius 1 is 1.40 bits per heavy atom. The fourth-order valence-corrected chi connectivity index (χ4v) is 1.74. The van der Waals surface area contributed by atoms with E-state index in [1.54, 1.807) is 25.1 Å². The Hall–Kier alpha value is -2.44. The highest BCUT2D eigenvalue weighted by molar-refractivity contribution is 6.07. The van der Waals surface area contributed by atoms with Crippen molar-refractivity contribution >= 4 is 17.4 Å². The van der Waals surface area contributed by atoms with Gasteiger partial charge in [0.05, 0.1) is 20.1 Å². The summed E-state index contributed by atoms with van der Waals surface area (Å²) in [6.45, 7) is 1.77. The fraction of sp³-hybridized carbons (Fsp3) is 0.385. The number of amides is 1. The minimum Gasteiger partial charge on any atom is -0.493 e. The van der Waals surface area contributed by atoms with Crippen LogP contribution in [0.1, 0.15) is 13.3 Å². The molecule has 0 heterocycles. The molecule has 0 fully saturated rings. The third-order valence-corrected chi connectivity index (χ3v) is 2.85. The van der Waals surface area contributed by atoms with E-state index in [0.717, 1.165) is 0 Å². The van der Waals surface area contributed by atoms with Crippen LogP contribution in [0.25, 0.3) is 0 Å². The quantitative estimate of drug-likeness (QED) is 0.316. The van der Waals surface area contributed by atoms with Gasteiger partial charge in [0.15, 0.2) is 17.3 Å². The number of amidine groups is 1. The standard InChI is InChI=1S/C13H19N3O4/c1-4-9(12(14)16-18)13(17)15-8-5-6-10(19-2)11(7-8)20-3/h5-7,9,18H,4H2,1-3H3,(H2,14,16)(H,15,17). The van der Waals surface area contributed by atoms with Gasteiger partial charge in [-0.3, -0.25) is 4.79 Å². The van der Waals surface area contributed by atoms with Gasteiger partial charge in [-0.1, -0.05) is 12.1 Å². The summed E-state index contributed by atoms with van der Waals surface area (Å²) >= 11 is 0. The molecule has 0 bridgehead atoms. The number of benzene rings is 1. The minimum absolute atomic E-state index is 0.120. The number of carbonyl (C=O) groups excluding carboxylic acids is 1. The van der Waals surface area contributed by atoms with Gasteiger partial charge in [0.1, 0.15) is 0 Å². The molecule has 0 aliphatic rings. The Balaban J connectivity index is 2.90. The average molecular weight is 281 g/mol. The van der Waals surface area contributed by atoms with Crippen LogP contribution >= 0.6 is 0 Å². The first kappa shape index (κ1) is 15.6. The van der Waals surface area contributed by atoms with Crippen molar-refractivity contribution in [3.63, 3.8) is 0 Å². The number of hydrogen-bond donors (Lipinski definition) is 3. The summed E-state index contributed by atoms with van der Waals surface area (Å²) in [7, 11) is 3.04. The minimum atomic E-state index is -0.687. The molecule has 0 spiro atoms. The molecule has 1 rings (SSSR count). The zero-order valence-electron chi connectivity index (χ0n) is 11.7. The largest absolute Gasteiger partial charge is 0.493 e. The maximum atomic E-state index is 12.0. The van der Waals surface area contributed by atoms with Crippen LogP contribution in [-0.2, 0) is 4.79 Å². The van der Waals surface area contributed by atoms with Gasteiger partial charge in [-0.15, -0.1) is 0 Å². The smallest absolute Gasteiger partial charge is 0.235 e. The number of nitrogens with two attached hydrogens (primary N) is 1. The van der Waals surface area contributed by atoms with Crippen molar-refractivity contribution in [2.45, 2.75) is 13.3 Å². The predicted octanol–water partition coefficient (Wildman–Crippen LogP) is 1.41. The Labute approximate surface area is 117 Å². The summed E-state index contributed by atoms with van der Waals surface area (Å²) in [5.41, 5.74) is 6.02. The van der Waals surface area contributed by atoms with E-state index >= 15 is 0 Å². The maximum absolute atomic E-state index is 12.0. The van der Waals surface area contributed by atoms with Crippen molar-refractivity contribution < 1.29 is 19.5 Å². The molecule has 20 heavy (non-hydrogen) atoms. The van der Waals surface area contributed by atoms with E-state index in [-0.39, 0.29) is 11.7 Å². The number of carbonyl (C=O) groups is 1. The molecule has 7 nitrogen and oxygen atoms in total. The number of nitrogens with one attached hydrogen (secondary N) is 1. The summed E-state index contributed by atoms with van der Waals surface area (Å²) in [5, 5.41) is 14.2. The van der Waals surface area contributed by atoms with Crippen LogP contribution in [0, 0.1) is 5.92 Å². The molecule has 0 aromatic heterocycles. The van der Waals surface area contributed by atoms with Gasteiger partial charge >= 0.3 is 0 Å². The van der Waals surface area contributed by atoms with Crippen molar-refractivity contribution in [3.8, 4) is 11.5 Å². The zero-order chi connectivity index (χ0) is 15.1. The van der Waals surface area contributed by atoms with Crippen LogP contribution in [-0.4, -0.2) is 31.2 Å². The highest BCUT2D eigenvalue weighted by atomic mass is 16.5. The predicted molar refractivity (Wildman–Crippen MR) is 75.4 cm³/mol. The second-order valence-electron chi connectivity index (χ2n) is 4.04. The lowest BCUT2D eigenvalue weighted by atomic mass is 10.0. The van der Waals surface area contributed by atoms with Crippen LogP contribution < -0.4 is 20.5 Å². The van der Waals surface area contributed by atoms with Crippen LogP contribution in [0.15, 0.2) is 23.4 Å². The van der Waals surface area contributed by atoms with Crippen LogP contribution in [0.5, 0.6) is 11.5 Å². The van der Waals surface area contributed by atoms with E-state index in [1.807, 2.05) is 0 Å². The first-order valence-electron chi connectivity index (χ1n) is 6.07. The molecule has 1 aromatic rings. The molecule has 1 amide bonds. The van der Waals surface area contributed by atoms with Gasteiger partial charge in [-0.2, -0.15) is 0 Å². The molecule has 1 aromatic carbocycles. The molecular weight excluding hydrogens is 262 g/mol. The van der Waals surface area contributed by atoms with Crippen LogP contribution in [0.3, 0.4) is 0 Å². The normalized spacial score (nSPS) is 12.7. The van der Waals surface area contributed by atoms with Crippen molar-refractivity contribution in [1.82, 2.24) is 0 Å². The first-order valence-corrected chi connectivity index (χ1v) is 6.07. The lowest BCUT2D eigenvalue weighted by molar-refractivity contribution is -0.118. The highest BCUT2D eigenvalue weighted by Crippen LogP contribution is 2.29. The summed E-state index contributed by atoms with van der Waals surface area (Å²) < 4.78 is 10.3. The Morgan fingerprint density at radius 2 is 2.05 bits per heavy atom. The van der Waals surface area contributed by atoms with Crippen molar-refractivity contribution in [3.05, 3.63) is 18.2 Å². The Morgan fingerprint density at radius 3 is 2.55 bits per heavy atom. The molecule has 7 heteroatoms. The van der Waals surface area contributed by atoms with E-state index in [1.165, 1.54) is 14.2 Å². The molecule has 1 unspecified atom stereocenters. The van der Waals surface area contributed by atoms with Crippen molar-refractivity contribution in [2.24, 2.45) is 16.8 Å². The summed E-state index contributed by atoms with van der Waals surface area (Å²) in [6.07, 6.45) is 0.426. The van der Waals surface area contributed by atoms with Gasteiger partial charge in [0.2, 0.25) is 5.91 Å². The second kappa shape index (κ2) is 7.22. The van der Waals surface area contributed by atoms with E-state index in [0.29, 0.717) is 23.6 Å². The van der Waals surface area contributed by atoms with E-state index in [9.17, 15) is 4.79 Å². The third-order valence-electron chi connectivity index (χ3n) is 2.85. The molecule has 0 saturated heterocycles. The number of anilines is 1. The Bertz CT molecular complexity index is 502. The van der Waals surface area contributed by atoms with E-state index in [2.05, 4.69) is 10.5 Å². The number of ether oxygens (including phenoxy) is 2. The van der Waals surface area contributed by atoms with Crippen LogP contribution in [0.2, 0.25) is 0 Å². The lowest BCUT2D eigenvalue weighted by Gasteiger charge is -2.14. The molecule has 0 radical (unpaired) electrons. The topological polar surface area (TPSA) is 106 Å². The number of methoxy groups -OCH3 is 2. The fourth-order valence-electron chi connectivity index (χ4n) is 1.74. The second-order valence-corrected chi connectivity index (χ2v) is 4.04. The molecule has 0 aliphatic carbocycles. The van der Waals surface area contributed by atoms with Crippen molar-refractivity contribution in [2.75, 3.05) is 19.5 Å². The van der Waals surface area contributed by atoms with Gasteiger partial charge in [0, 0.05) is 11.8 Å². The number of oxime groups is 1. The SMILES string of the molecule is CCC(C(=O)Nc1ccc(OC)c(OC)c1)C(N)=NO. The first-order chi connectivity index (χ1) is 9.57. The zero-order valence-corrected chi connectivity index (χ0v) is 11.7. The molecule has 4 N–H and O–H groups in total. The monoisotopic (exact) mass is 281 g/mol. The number of rotatable bonds is 6. The van der Waals surface area contributed by atoms with Gasteiger partial charge < -0.3 is 25.7 Å². The molecule has 1 atom stereocenters. The van der Waals surface area contributed by atoms with Gasteiger partial charge in [-0.05, 0) is 18.6 Å². The summed E-state index contributed by atoms with van der Waals surface area (Å²) in [6, 6.07) is 4.99. The van der Waals surface area contributed by atoms with Crippen molar-refractivity contribution in [1.29, 1.82) is 0 Å². The summed E-state index contributed by atoms with van der Waals surface area (Å²) in [4.78, 5) is 12.0. The highest BCUT2D eigenvalue weighted by Gasteiger charge is 2.21. The maximum Gasteiger partial charge on any atom is 0.235 e. The third kappa shape index (κ3) is 3.53. The van der Waals surface area contributed by atoms with Gasteiger partial charge in [0.25, 0.3) is 0 Å². The van der Waals surface area contributed by atoms with Crippen LogP contribution in [0.4, 0.5) is 5.69 Å². The average Bonchev–Trinajstić information content (AvgIpc) is 2.47. The van der Waals surface area contributed by atoms with Gasteiger partial charge in [-0.25, -0.2) is 0 Å². The summed E-state index contributed by atoms with van der Waals surface area (Å²) in [5.74, 6) is -0.0929. The molecule has 0 aliphatic heterocycles. The lowest BCUT2D eigenvalue weighted by Crippen LogP contribution is -2.34. The molecule has 110 valence electrons. The van der Waals surface area contributed by atoms with E-state index in [4.69, 9.17) is 20.4 Å². The number of hydrogen-bond acceptors (Lipinski definition) is 5. The molecule has 0 saturated carbocycles.